The smallest absolute Gasteiger partial charge is 0.307 e. The SMILES string of the molecule is CCN1CCC(N2CCC(S(=O)(=O)NC(=O)Nc3c4c(cc5c3CCC5)CCC4)C2)CC1.[K]. The normalized spacial score (nSPS) is 23.7. The first-order valence-electron chi connectivity index (χ1n) is 12.4. The molecule has 0 aromatic heterocycles. The van der Waals surface area contributed by atoms with Gasteiger partial charge in [-0.3, -0.25) is 4.90 Å². The van der Waals surface area contributed by atoms with Gasteiger partial charge in [-0.05, 0) is 106 Å². The number of nitrogens with one attached hydrogen (secondary N) is 2. The largest absolute Gasteiger partial charge is 0.332 e. The van der Waals surface area contributed by atoms with E-state index in [0.29, 0.717) is 19.0 Å². The summed E-state index contributed by atoms with van der Waals surface area (Å²) in [6.07, 6.45) is 8.99. The number of benzene rings is 1. The Hall–Kier alpha value is -0.00364. The molecule has 4 aliphatic rings. The number of sulfonamides is 1. The van der Waals surface area contributed by atoms with Gasteiger partial charge in [0.05, 0.1) is 5.25 Å². The molecule has 2 saturated heterocycles. The number of carbonyl (C=O) groups is 1. The van der Waals surface area contributed by atoms with Gasteiger partial charge in [0.25, 0.3) is 0 Å². The number of hydrogen-bond acceptors (Lipinski definition) is 5. The molecule has 7 nitrogen and oxygen atoms in total. The van der Waals surface area contributed by atoms with E-state index in [1.54, 1.807) is 0 Å². The Balaban J connectivity index is 0.00000259. The zero-order valence-electron chi connectivity index (χ0n) is 20.2. The number of piperidine rings is 1. The Morgan fingerprint density at radius 2 is 1.64 bits per heavy atom. The van der Waals surface area contributed by atoms with Crippen molar-refractivity contribution in [2.24, 2.45) is 0 Å². The average Bonchev–Trinajstić information content (AvgIpc) is 3.53. The van der Waals surface area contributed by atoms with Gasteiger partial charge >= 0.3 is 6.03 Å². The van der Waals surface area contributed by atoms with Crippen LogP contribution in [0.15, 0.2) is 6.07 Å². The van der Waals surface area contributed by atoms with Crippen LogP contribution in [0.4, 0.5) is 10.5 Å². The molecule has 2 N–H and O–H groups in total. The summed E-state index contributed by atoms with van der Waals surface area (Å²) < 4.78 is 28.4. The van der Waals surface area contributed by atoms with Crippen LogP contribution in [0, 0.1) is 0 Å². The van der Waals surface area contributed by atoms with Crippen LogP contribution in [0.3, 0.4) is 0 Å². The van der Waals surface area contributed by atoms with Crippen LogP contribution in [0.1, 0.15) is 61.3 Å². The zero-order valence-corrected chi connectivity index (χ0v) is 24.1. The van der Waals surface area contributed by atoms with Crippen molar-refractivity contribution in [2.45, 2.75) is 76.0 Å². The van der Waals surface area contributed by atoms with E-state index < -0.39 is 21.3 Å². The topological polar surface area (TPSA) is 81.8 Å². The fourth-order valence-electron chi connectivity index (χ4n) is 6.26. The monoisotopic (exact) mass is 499 g/mol. The first-order chi connectivity index (χ1) is 15.4. The molecule has 1 aromatic carbocycles. The maximum Gasteiger partial charge on any atom is 0.332 e. The summed E-state index contributed by atoms with van der Waals surface area (Å²) in [4.78, 5) is 17.6. The minimum Gasteiger partial charge on any atom is -0.307 e. The second-order valence-electron chi connectivity index (χ2n) is 9.91. The quantitative estimate of drug-likeness (QED) is 0.608. The molecule has 5 rings (SSSR count). The second-order valence-corrected chi connectivity index (χ2v) is 11.9. The second kappa shape index (κ2) is 10.9. The molecule has 1 unspecified atom stereocenters. The van der Waals surface area contributed by atoms with Crippen molar-refractivity contribution in [2.75, 3.05) is 38.0 Å². The third-order valence-electron chi connectivity index (χ3n) is 8.08. The van der Waals surface area contributed by atoms with Gasteiger partial charge < -0.3 is 10.2 Å². The Morgan fingerprint density at radius 1 is 1.00 bits per heavy atom. The molecule has 33 heavy (non-hydrogen) atoms. The first-order valence-corrected chi connectivity index (χ1v) is 13.9. The summed E-state index contributed by atoms with van der Waals surface area (Å²) in [5, 5.41) is 2.44. The molecule has 1 radical (unpaired) electrons. The van der Waals surface area contributed by atoms with Crippen LogP contribution in [-0.4, -0.2) is 120 Å². The molecule has 2 amide bonds. The third-order valence-corrected chi connectivity index (χ3v) is 9.81. The van der Waals surface area contributed by atoms with Crippen molar-refractivity contribution < 1.29 is 13.2 Å². The number of anilines is 1. The van der Waals surface area contributed by atoms with E-state index in [4.69, 9.17) is 0 Å². The maximum absolute atomic E-state index is 13.0. The third kappa shape index (κ3) is 5.55. The van der Waals surface area contributed by atoms with E-state index in [2.05, 4.69) is 32.8 Å². The summed E-state index contributed by atoms with van der Waals surface area (Å²) in [6, 6.07) is 2.17. The van der Waals surface area contributed by atoms with Crippen LogP contribution < -0.4 is 10.0 Å². The van der Waals surface area contributed by atoms with Gasteiger partial charge in [0, 0.05) is 69.7 Å². The fourth-order valence-corrected chi connectivity index (χ4v) is 7.54. The predicted octanol–water partition coefficient (Wildman–Crippen LogP) is 2.29. The molecule has 1 aromatic rings. The van der Waals surface area contributed by atoms with Crippen LogP contribution >= 0.6 is 0 Å². The molecule has 0 spiro atoms. The van der Waals surface area contributed by atoms with Crippen LogP contribution in [0.25, 0.3) is 0 Å². The van der Waals surface area contributed by atoms with Gasteiger partial charge in [-0.15, -0.1) is 0 Å². The van der Waals surface area contributed by atoms with Crippen molar-refractivity contribution >= 4 is 73.1 Å². The van der Waals surface area contributed by atoms with Crippen LogP contribution in [0.2, 0.25) is 0 Å². The Labute approximate surface area is 240 Å². The number of amides is 2. The number of rotatable bonds is 5. The van der Waals surface area contributed by atoms with Gasteiger partial charge in [-0.25, -0.2) is 17.9 Å². The molecular formula is C24H36KN4O3S. The van der Waals surface area contributed by atoms with Crippen molar-refractivity contribution in [1.82, 2.24) is 14.5 Å². The molecule has 177 valence electrons. The average molecular weight is 500 g/mol. The summed E-state index contributed by atoms with van der Waals surface area (Å²) in [7, 11) is -3.71. The van der Waals surface area contributed by atoms with Crippen LogP contribution in [-0.2, 0) is 35.7 Å². The predicted molar refractivity (Wildman–Crippen MR) is 132 cm³/mol. The van der Waals surface area contributed by atoms with E-state index in [0.717, 1.165) is 83.2 Å². The summed E-state index contributed by atoms with van der Waals surface area (Å²) in [6.45, 7) is 6.76. The van der Waals surface area contributed by atoms with E-state index in [9.17, 15) is 13.2 Å². The molecule has 0 bridgehead atoms. The van der Waals surface area contributed by atoms with Crippen molar-refractivity contribution in [1.29, 1.82) is 0 Å². The molecule has 2 aliphatic heterocycles. The minimum atomic E-state index is -3.71. The number of nitrogens with zero attached hydrogens (tertiary/aromatic N) is 2. The summed E-state index contributed by atoms with van der Waals surface area (Å²) >= 11 is 0. The van der Waals surface area contributed by atoms with Gasteiger partial charge in [0.1, 0.15) is 0 Å². The molecule has 2 aliphatic carbocycles. The van der Waals surface area contributed by atoms with Gasteiger partial charge in [-0.1, -0.05) is 13.0 Å². The van der Waals surface area contributed by atoms with Crippen LogP contribution in [0.5, 0.6) is 0 Å². The standard InChI is InChI=1S/C24H36N4O3S.K/c1-2-27-12-9-19(10-13-27)28-14-11-20(16-28)32(30,31)26-24(29)25-23-21-7-3-5-17(21)15-18-6-4-8-22(18)23;/h15,19-20H,2-14,16H2,1H3,(H2,25,26,29);. The van der Waals surface area contributed by atoms with Crippen molar-refractivity contribution in [3.8, 4) is 0 Å². The molecule has 9 heteroatoms. The van der Waals surface area contributed by atoms with Crippen molar-refractivity contribution in [3.63, 3.8) is 0 Å². The number of likely N-dealkylation sites (tertiary alicyclic amines) is 2. The first kappa shape index (κ1) is 26.1. The number of urea groups is 1. The summed E-state index contributed by atoms with van der Waals surface area (Å²) in [5.41, 5.74) is 5.96. The van der Waals surface area contributed by atoms with E-state index in [1.807, 2.05) is 0 Å². The Morgan fingerprint density at radius 3 is 2.24 bits per heavy atom. The molecule has 1 atom stereocenters. The van der Waals surface area contributed by atoms with Crippen molar-refractivity contribution in [3.05, 3.63) is 28.3 Å². The molecule has 2 heterocycles. The number of carbonyl (C=O) groups excluding carboxylic acids is 1. The minimum absolute atomic E-state index is 0. The van der Waals surface area contributed by atoms with E-state index >= 15 is 0 Å². The van der Waals surface area contributed by atoms with E-state index in [1.165, 1.54) is 22.3 Å². The number of hydrogen-bond donors (Lipinski definition) is 2. The maximum atomic E-state index is 13.0. The van der Waals surface area contributed by atoms with Gasteiger partial charge in [0.2, 0.25) is 10.0 Å². The molecular weight excluding hydrogens is 463 g/mol. The van der Waals surface area contributed by atoms with Gasteiger partial charge in [-0.2, -0.15) is 0 Å². The Kier molecular flexibility index (Phi) is 8.65. The zero-order chi connectivity index (χ0) is 22.3. The fraction of sp³-hybridized carbons (Fsp3) is 0.708. The number of fused-ring (bicyclic) bond motifs is 2. The van der Waals surface area contributed by atoms with E-state index in [-0.39, 0.29) is 51.4 Å². The number of aryl methyl sites for hydroxylation is 2. The summed E-state index contributed by atoms with van der Waals surface area (Å²) in [5.74, 6) is 0. The van der Waals surface area contributed by atoms with Gasteiger partial charge in [0.15, 0.2) is 0 Å². The molecule has 2 fully saturated rings. The Bertz CT molecular complexity index is 960. The molecule has 0 saturated carbocycles.